The van der Waals surface area contributed by atoms with Crippen molar-refractivity contribution in [3.8, 4) is 11.4 Å². The number of aromatic amines is 1. The molecule has 0 amide bonds. The second-order valence-corrected chi connectivity index (χ2v) is 7.97. The van der Waals surface area contributed by atoms with Gasteiger partial charge in [0.15, 0.2) is 5.82 Å². The first-order valence-electron chi connectivity index (χ1n) is 10.1. The largest absolute Gasteiger partial charge is 0.370 e. The van der Waals surface area contributed by atoms with Gasteiger partial charge in [-0.05, 0) is 30.9 Å². The summed E-state index contributed by atoms with van der Waals surface area (Å²) < 4.78 is 14.3. The molecule has 0 saturated carbocycles. The Morgan fingerprint density at radius 2 is 2.06 bits per heavy atom. The van der Waals surface area contributed by atoms with E-state index >= 15 is 0 Å². The maximum Gasteiger partial charge on any atom is 0.225 e. The van der Waals surface area contributed by atoms with E-state index in [9.17, 15) is 4.39 Å². The van der Waals surface area contributed by atoms with Crippen LogP contribution in [0.4, 0.5) is 16.2 Å². The van der Waals surface area contributed by atoms with Crippen LogP contribution in [0.25, 0.3) is 22.4 Å². The van der Waals surface area contributed by atoms with Crippen molar-refractivity contribution in [1.82, 2.24) is 29.9 Å². The first-order valence-corrected chi connectivity index (χ1v) is 10.5. The zero-order chi connectivity index (χ0) is 21.2. The molecular formula is C21H20ClFN8. The molecule has 1 saturated heterocycles. The third-order valence-electron chi connectivity index (χ3n) is 5.36. The number of hydrogen-bond donors (Lipinski definition) is 2. The van der Waals surface area contributed by atoms with Crippen LogP contribution in [0.2, 0.25) is 5.02 Å². The molecule has 0 spiro atoms. The Morgan fingerprint density at radius 1 is 1.19 bits per heavy atom. The molecule has 5 heterocycles. The molecule has 0 radical (unpaired) electrons. The highest BCUT2D eigenvalue weighted by Crippen LogP contribution is 2.28. The van der Waals surface area contributed by atoms with Gasteiger partial charge in [-0.2, -0.15) is 9.37 Å². The van der Waals surface area contributed by atoms with E-state index in [1.807, 2.05) is 6.07 Å². The molecule has 0 aromatic carbocycles. The Morgan fingerprint density at radius 3 is 2.94 bits per heavy atom. The van der Waals surface area contributed by atoms with Gasteiger partial charge in [0.05, 0.1) is 5.02 Å². The predicted molar refractivity (Wildman–Crippen MR) is 118 cm³/mol. The summed E-state index contributed by atoms with van der Waals surface area (Å²) in [4.78, 5) is 26.7. The lowest BCUT2D eigenvalue weighted by Gasteiger charge is -2.32. The van der Waals surface area contributed by atoms with E-state index in [0.29, 0.717) is 34.5 Å². The molecule has 10 heteroatoms. The van der Waals surface area contributed by atoms with Crippen LogP contribution in [-0.2, 0) is 0 Å². The zero-order valence-electron chi connectivity index (χ0n) is 16.6. The molecule has 0 unspecified atom stereocenters. The number of anilines is 2. The fourth-order valence-electron chi connectivity index (χ4n) is 3.91. The molecule has 158 valence electrons. The third-order valence-corrected chi connectivity index (χ3v) is 5.57. The highest BCUT2D eigenvalue weighted by Gasteiger charge is 2.22. The fraction of sp³-hybridized carbons (Fsp3) is 0.286. The Kier molecular flexibility index (Phi) is 5.33. The topological polar surface area (TPSA) is 95.5 Å². The number of H-pyrrole nitrogens is 1. The van der Waals surface area contributed by atoms with Gasteiger partial charge in [-0.3, -0.25) is 0 Å². The summed E-state index contributed by atoms with van der Waals surface area (Å²) in [6.07, 6.45) is 8.90. The quantitative estimate of drug-likeness (QED) is 0.456. The molecule has 1 aliphatic rings. The summed E-state index contributed by atoms with van der Waals surface area (Å²) >= 11 is 6.07. The molecule has 5 rings (SSSR count). The first kappa shape index (κ1) is 19.6. The van der Waals surface area contributed by atoms with Crippen LogP contribution in [0.3, 0.4) is 0 Å². The van der Waals surface area contributed by atoms with Crippen molar-refractivity contribution in [2.45, 2.75) is 12.8 Å². The molecule has 0 aliphatic carbocycles. The predicted octanol–water partition coefficient (Wildman–Crippen LogP) is 3.93. The van der Waals surface area contributed by atoms with Crippen molar-refractivity contribution < 1.29 is 4.39 Å². The number of piperidine rings is 1. The van der Waals surface area contributed by atoms with Crippen molar-refractivity contribution in [3.05, 3.63) is 54.0 Å². The Labute approximate surface area is 182 Å². The molecule has 2 N–H and O–H groups in total. The lowest BCUT2D eigenvalue weighted by atomic mass is 9.98. The average molecular weight is 439 g/mol. The van der Waals surface area contributed by atoms with Gasteiger partial charge >= 0.3 is 0 Å². The van der Waals surface area contributed by atoms with E-state index in [2.05, 4.69) is 40.1 Å². The van der Waals surface area contributed by atoms with E-state index in [-0.39, 0.29) is 5.82 Å². The van der Waals surface area contributed by atoms with Crippen LogP contribution in [-0.4, -0.2) is 49.5 Å². The van der Waals surface area contributed by atoms with Gasteiger partial charge in [-0.15, -0.1) is 0 Å². The van der Waals surface area contributed by atoms with Crippen molar-refractivity contribution in [2.24, 2.45) is 5.92 Å². The van der Waals surface area contributed by atoms with Crippen molar-refractivity contribution in [3.63, 3.8) is 0 Å². The lowest BCUT2D eigenvalue weighted by Crippen LogP contribution is -2.39. The van der Waals surface area contributed by atoms with Crippen molar-refractivity contribution in [2.75, 3.05) is 29.9 Å². The van der Waals surface area contributed by atoms with Gasteiger partial charge in [0.25, 0.3) is 0 Å². The summed E-state index contributed by atoms with van der Waals surface area (Å²) in [5.41, 5.74) is 1.30. The SMILES string of the molecule is Fc1cc(NC[C@H]2CCCN(c3ncccn3)C2)nc(-c2c[nH]c3ncc(Cl)cc23)n1. The normalized spacial score (nSPS) is 16.6. The van der Waals surface area contributed by atoms with Crippen molar-refractivity contribution in [1.29, 1.82) is 0 Å². The van der Waals surface area contributed by atoms with Gasteiger partial charge in [0, 0.05) is 61.4 Å². The number of fused-ring (bicyclic) bond motifs is 1. The molecule has 1 aliphatic heterocycles. The minimum atomic E-state index is -0.597. The summed E-state index contributed by atoms with van der Waals surface area (Å²) in [6.45, 7) is 2.44. The van der Waals surface area contributed by atoms with Crippen LogP contribution in [0.5, 0.6) is 0 Å². The second-order valence-electron chi connectivity index (χ2n) is 7.54. The summed E-state index contributed by atoms with van der Waals surface area (Å²) in [5.74, 6) is 1.24. The lowest BCUT2D eigenvalue weighted by molar-refractivity contribution is 0.427. The average Bonchev–Trinajstić information content (AvgIpc) is 3.21. The molecule has 0 bridgehead atoms. The highest BCUT2D eigenvalue weighted by atomic mass is 35.5. The van der Waals surface area contributed by atoms with E-state index in [0.717, 1.165) is 37.3 Å². The van der Waals surface area contributed by atoms with E-state index in [1.54, 1.807) is 30.9 Å². The fourth-order valence-corrected chi connectivity index (χ4v) is 4.07. The number of aromatic nitrogens is 6. The summed E-state index contributed by atoms with van der Waals surface area (Å²) in [7, 11) is 0. The zero-order valence-corrected chi connectivity index (χ0v) is 17.3. The van der Waals surface area contributed by atoms with Crippen LogP contribution in [0, 0.1) is 11.9 Å². The van der Waals surface area contributed by atoms with E-state index < -0.39 is 5.95 Å². The summed E-state index contributed by atoms with van der Waals surface area (Å²) in [6, 6.07) is 4.88. The molecule has 8 nitrogen and oxygen atoms in total. The van der Waals surface area contributed by atoms with Crippen molar-refractivity contribution >= 4 is 34.4 Å². The third kappa shape index (κ3) is 4.27. The summed E-state index contributed by atoms with van der Waals surface area (Å²) in [5, 5.41) is 4.52. The molecular weight excluding hydrogens is 419 g/mol. The number of rotatable bonds is 5. The van der Waals surface area contributed by atoms with Gasteiger partial charge in [0.2, 0.25) is 11.9 Å². The number of nitrogens with one attached hydrogen (secondary N) is 2. The number of halogens is 2. The number of hydrogen-bond acceptors (Lipinski definition) is 7. The van der Waals surface area contributed by atoms with Crippen LogP contribution in [0.15, 0.2) is 43.0 Å². The molecule has 1 fully saturated rings. The van der Waals surface area contributed by atoms with Gasteiger partial charge in [0.1, 0.15) is 11.5 Å². The second kappa shape index (κ2) is 8.43. The molecule has 4 aromatic rings. The molecule has 4 aromatic heterocycles. The van der Waals surface area contributed by atoms with Crippen LogP contribution >= 0.6 is 11.6 Å². The first-order chi connectivity index (χ1) is 15.2. The minimum Gasteiger partial charge on any atom is -0.370 e. The number of nitrogens with zero attached hydrogens (tertiary/aromatic N) is 6. The van der Waals surface area contributed by atoms with E-state index in [1.165, 1.54) is 6.07 Å². The standard InChI is InChI=1S/C21H20ClFN8/c22-14-7-15-16(11-28-19(15)27-10-14)20-29-17(23)8-18(30-20)26-9-13-3-1-6-31(12-13)21-24-4-2-5-25-21/h2,4-5,7-8,10-11,13H,1,3,6,9,12H2,(H,27,28)(H,26,29,30)/t13-/m1/s1. The van der Waals surface area contributed by atoms with Crippen LogP contribution < -0.4 is 10.2 Å². The maximum atomic E-state index is 14.3. The van der Waals surface area contributed by atoms with Crippen LogP contribution in [0.1, 0.15) is 12.8 Å². The highest BCUT2D eigenvalue weighted by molar-refractivity contribution is 6.31. The Hall–Kier alpha value is -3.33. The monoisotopic (exact) mass is 438 g/mol. The van der Waals surface area contributed by atoms with Gasteiger partial charge < -0.3 is 15.2 Å². The Bertz CT molecular complexity index is 1200. The number of pyridine rings is 1. The van der Waals surface area contributed by atoms with E-state index in [4.69, 9.17) is 11.6 Å². The molecule has 31 heavy (non-hydrogen) atoms. The van der Waals surface area contributed by atoms with Gasteiger partial charge in [-0.1, -0.05) is 11.6 Å². The maximum absolute atomic E-state index is 14.3. The molecule has 1 atom stereocenters. The minimum absolute atomic E-state index is 0.278. The smallest absolute Gasteiger partial charge is 0.225 e. The van der Waals surface area contributed by atoms with Gasteiger partial charge in [-0.25, -0.2) is 19.9 Å². The Balaban J connectivity index is 1.32.